The van der Waals surface area contributed by atoms with Crippen molar-refractivity contribution in [1.82, 2.24) is 4.90 Å². The number of carbonyl (C=O) groups is 2. The van der Waals surface area contributed by atoms with Gasteiger partial charge in [-0.15, -0.1) is 0 Å². The summed E-state index contributed by atoms with van der Waals surface area (Å²) in [5.74, 6) is -1.53. The van der Waals surface area contributed by atoms with E-state index in [0.717, 1.165) is 11.8 Å². The van der Waals surface area contributed by atoms with Crippen molar-refractivity contribution >= 4 is 21.7 Å². The minimum atomic E-state index is -3.13. The standard InChI is InChI=1S/C15H21NO5S/c1-12(15(18)19)16(11-13-7-4-3-5-8-13)14(17)9-6-10-22(2,20)21/h3-5,7-8,12H,6,9-11H2,1-2H3,(H,18,19). The molecular weight excluding hydrogens is 306 g/mol. The van der Waals surface area contributed by atoms with Crippen molar-refractivity contribution in [3.8, 4) is 0 Å². The summed E-state index contributed by atoms with van der Waals surface area (Å²) in [6, 6.07) is 8.12. The van der Waals surface area contributed by atoms with Crippen LogP contribution in [0.1, 0.15) is 25.3 Å². The molecule has 0 spiro atoms. The summed E-state index contributed by atoms with van der Waals surface area (Å²) < 4.78 is 22.2. The Balaban J connectivity index is 2.77. The lowest BCUT2D eigenvalue weighted by Crippen LogP contribution is -2.42. The Bertz CT molecular complexity index is 612. The molecule has 6 nitrogen and oxygen atoms in total. The fraction of sp³-hybridized carbons (Fsp3) is 0.467. The van der Waals surface area contributed by atoms with Gasteiger partial charge in [0.05, 0.1) is 5.75 Å². The molecule has 0 saturated heterocycles. The molecular formula is C15H21NO5S. The van der Waals surface area contributed by atoms with Crippen molar-refractivity contribution in [3.05, 3.63) is 35.9 Å². The predicted molar refractivity (Wildman–Crippen MR) is 83.0 cm³/mol. The number of nitrogens with zero attached hydrogens (tertiary/aromatic N) is 1. The van der Waals surface area contributed by atoms with E-state index in [2.05, 4.69) is 0 Å². The molecule has 122 valence electrons. The molecule has 1 rings (SSSR count). The molecule has 1 N–H and O–H groups in total. The highest BCUT2D eigenvalue weighted by atomic mass is 32.2. The van der Waals surface area contributed by atoms with Crippen LogP contribution in [0.4, 0.5) is 0 Å². The smallest absolute Gasteiger partial charge is 0.326 e. The van der Waals surface area contributed by atoms with Crippen LogP contribution in [0.25, 0.3) is 0 Å². The zero-order chi connectivity index (χ0) is 16.8. The molecule has 7 heteroatoms. The lowest BCUT2D eigenvalue weighted by atomic mass is 10.1. The molecule has 0 aliphatic carbocycles. The van der Waals surface area contributed by atoms with Crippen LogP contribution in [0.3, 0.4) is 0 Å². The number of hydrogen-bond donors (Lipinski definition) is 1. The van der Waals surface area contributed by atoms with Crippen LogP contribution in [-0.2, 0) is 26.0 Å². The van der Waals surface area contributed by atoms with Crippen LogP contribution in [0, 0.1) is 0 Å². The summed E-state index contributed by atoms with van der Waals surface area (Å²) in [5.41, 5.74) is 0.826. The molecule has 0 aliphatic rings. The zero-order valence-corrected chi connectivity index (χ0v) is 13.5. The molecule has 1 unspecified atom stereocenters. The Hall–Kier alpha value is -1.89. The maximum atomic E-state index is 12.2. The average molecular weight is 327 g/mol. The first-order chi connectivity index (χ1) is 10.2. The van der Waals surface area contributed by atoms with Crippen molar-refractivity contribution in [2.75, 3.05) is 12.0 Å². The average Bonchev–Trinajstić information content (AvgIpc) is 2.43. The van der Waals surface area contributed by atoms with Gasteiger partial charge in [-0.1, -0.05) is 30.3 Å². The van der Waals surface area contributed by atoms with Crippen molar-refractivity contribution in [3.63, 3.8) is 0 Å². The van der Waals surface area contributed by atoms with Gasteiger partial charge < -0.3 is 10.0 Å². The molecule has 0 aliphatic heterocycles. The normalized spacial score (nSPS) is 12.6. The number of amides is 1. The van der Waals surface area contributed by atoms with Gasteiger partial charge in [-0.2, -0.15) is 0 Å². The third kappa shape index (κ3) is 6.26. The quantitative estimate of drug-likeness (QED) is 0.777. The van der Waals surface area contributed by atoms with Gasteiger partial charge >= 0.3 is 5.97 Å². The fourth-order valence-electron chi connectivity index (χ4n) is 1.98. The van der Waals surface area contributed by atoms with E-state index in [1.165, 1.54) is 11.8 Å². The maximum absolute atomic E-state index is 12.2. The Morgan fingerprint density at radius 2 is 1.82 bits per heavy atom. The molecule has 0 aromatic heterocycles. The molecule has 1 amide bonds. The number of benzene rings is 1. The van der Waals surface area contributed by atoms with Crippen LogP contribution < -0.4 is 0 Å². The number of carbonyl (C=O) groups excluding carboxylic acids is 1. The number of hydrogen-bond acceptors (Lipinski definition) is 4. The first-order valence-electron chi connectivity index (χ1n) is 6.94. The van der Waals surface area contributed by atoms with Gasteiger partial charge in [-0.3, -0.25) is 4.79 Å². The second-order valence-electron chi connectivity index (χ2n) is 5.25. The van der Waals surface area contributed by atoms with Crippen LogP contribution in [0.2, 0.25) is 0 Å². The zero-order valence-electron chi connectivity index (χ0n) is 12.7. The van der Waals surface area contributed by atoms with E-state index < -0.39 is 21.8 Å². The molecule has 0 fully saturated rings. The third-order valence-electron chi connectivity index (χ3n) is 3.25. The highest BCUT2D eigenvalue weighted by molar-refractivity contribution is 7.90. The minimum absolute atomic E-state index is 0.0114. The summed E-state index contributed by atoms with van der Waals surface area (Å²) in [4.78, 5) is 24.7. The van der Waals surface area contributed by atoms with E-state index in [9.17, 15) is 18.0 Å². The number of aliphatic carboxylic acids is 1. The van der Waals surface area contributed by atoms with Gasteiger partial charge in [0.15, 0.2) is 0 Å². The van der Waals surface area contributed by atoms with Crippen molar-refractivity contribution in [1.29, 1.82) is 0 Å². The second-order valence-corrected chi connectivity index (χ2v) is 7.51. The molecule has 1 atom stereocenters. The Kier molecular flexibility index (Phi) is 6.55. The van der Waals surface area contributed by atoms with Crippen LogP contribution in [0.5, 0.6) is 0 Å². The molecule has 1 aromatic carbocycles. The molecule has 0 saturated carbocycles. The Morgan fingerprint density at radius 3 is 2.32 bits per heavy atom. The minimum Gasteiger partial charge on any atom is -0.480 e. The third-order valence-corrected chi connectivity index (χ3v) is 4.28. The molecule has 22 heavy (non-hydrogen) atoms. The highest BCUT2D eigenvalue weighted by Gasteiger charge is 2.25. The lowest BCUT2D eigenvalue weighted by Gasteiger charge is -2.26. The van der Waals surface area contributed by atoms with Gasteiger partial charge in [0, 0.05) is 19.2 Å². The van der Waals surface area contributed by atoms with Crippen LogP contribution in [0.15, 0.2) is 30.3 Å². The Morgan fingerprint density at radius 1 is 1.23 bits per heavy atom. The maximum Gasteiger partial charge on any atom is 0.326 e. The summed E-state index contributed by atoms with van der Waals surface area (Å²) >= 11 is 0. The summed E-state index contributed by atoms with van der Waals surface area (Å²) in [7, 11) is -3.13. The molecule has 0 bridgehead atoms. The van der Waals surface area contributed by atoms with Gasteiger partial charge in [0.1, 0.15) is 15.9 Å². The highest BCUT2D eigenvalue weighted by Crippen LogP contribution is 2.12. The fourth-order valence-corrected chi connectivity index (χ4v) is 2.65. The van der Waals surface area contributed by atoms with E-state index in [0.29, 0.717) is 0 Å². The molecule has 0 heterocycles. The molecule has 0 radical (unpaired) electrons. The monoisotopic (exact) mass is 327 g/mol. The summed E-state index contributed by atoms with van der Waals surface area (Å²) in [5, 5.41) is 9.14. The van der Waals surface area contributed by atoms with Gasteiger partial charge in [0.2, 0.25) is 5.91 Å². The molecule has 1 aromatic rings. The number of carboxylic acid groups (broad SMARTS) is 1. The first kappa shape index (κ1) is 18.2. The van der Waals surface area contributed by atoms with Crippen molar-refractivity contribution < 1.29 is 23.1 Å². The number of sulfone groups is 1. The van der Waals surface area contributed by atoms with E-state index in [1.807, 2.05) is 30.3 Å². The number of rotatable bonds is 8. The van der Waals surface area contributed by atoms with Crippen LogP contribution >= 0.6 is 0 Å². The lowest BCUT2D eigenvalue weighted by molar-refractivity contribution is -0.150. The van der Waals surface area contributed by atoms with Crippen LogP contribution in [-0.4, -0.2) is 48.4 Å². The topological polar surface area (TPSA) is 91.8 Å². The number of carboxylic acids is 1. The van der Waals surface area contributed by atoms with Gasteiger partial charge in [-0.05, 0) is 18.9 Å². The first-order valence-corrected chi connectivity index (χ1v) is 9.00. The second kappa shape index (κ2) is 7.93. The van der Waals surface area contributed by atoms with Gasteiger partial charge in [0.25, 0.3) is 0 Å². The largest absolute Gasteiger partial charge is 0.480 e. The summed E-state index contributed by atoms with van der Waals surface area (Å²) in [6.45, 7) is 1.63. The predicted octanol–water partition coefficient (Wildman–Crippen LogP) is 1.31. The van der Waals surface area contributed by atoms with Crippen molar-refractivity contribution in [2.45, 2.75) is 32.4 Å². The Labute approximate surface area is 130 Å². The van der Waals surface area contributed by atoms with E-state index in [-0.39, 0.29) is 31.0 Å². The SMILES string of the molecule is CC(C(=O)O)N(Cc1ccccc1)C(=O)CCCS(C)(=O)=O. The van der Waals surface area contributed by atoms with Gasteiger partial charge in [-0.25, -0.2) is 13.2 Å². The van der Waals surface area contributed by atoms with E-state index in [1.54, 1.807) is 0 Å². The summed E-state index contributed by atoms with van der Waals surface area (Å²) in [6.07, 6.45) is 1.31. The van der Waals surface area contributed by atoms with Crippen molar-refractivity contribution in [2.24, 2.45) is 0 Å². The van der Waals surface area contributed by atoms with E-state index >= 15 is 0 Å². The van der Waals surface area contributed by atoms with E-state index in [4.69, 9.17) is 5.11 Å².